The van der Waals surface area contributed by atoms with Gasteiger partial charge in [0.2, 0.25) is 0 Å². The summed E-state index contributed by atoms with van der Waals surface area (Å²) in [6, 6.07) is 20.4. The van der Waals surface area contributed by atoms with E-state index in [4.69, 9.17) is 0 Å². The van der Waals surface area contributed by atoms with Crippen molar-refractivity contribution in [1.82, 2.24) is 20.0 Å². The van der Waals surface area contributed by atoms with Crippen LogP contribution in [0.25, 0.3) is 0 Å². The van der Waals surface area contributed by atoms with E-state index in [-0.39, 0.29) is 18.6 Å². The first kappa shape index (κ1) is 22.2. The van der Waals surface area contributed by atoms with Gasteiger partial charge in [-0.25, -0.2) is 0 Å². The third-order valence-electron chi connectivity index (χ3n) is 6.17. The number of amides is 1. The second-order valence-corrected chi connectivity index (χ2v) is 8.44. The van der Waals surface area contributed by atoms with E-state index in [0.29, 0.717) is 12.2 Å². The number of aliphatic hydroxyl groups excluding tert-OH is 1. The summed E-state index contributed by atoms with van der Waals surface area (Å²) in [5, 5.41) is 17.2. The summed E-state index contributed by atoms with van der Waals surface area (Å²) in [7, 11) is 0. The van der Waals surface area contributed by atoms with Crippen LogP contribution in [0.3, 0.4) is 0 Å². The Morgan fingerprint density at radius 3 is 2.53 bits per heavy atom. The molecule has 0 spiro atoms. The number of nitrogens with zero attached hydrogens (tertiary/aromatic N) is 3. The van der Waals surface area contributed by atoms with Crippen LogP contribution in [-0.4, -0.2) is 45.4 Å². The van der Waals surface area contributed by atoms with Crippen molar-refractivity contribution in [3.05, 3.63) is 88.7 Å². The fourth-order valence-electron chi connectivity index (χ4n) is 4.44. The highest BCUT2D eigenvalue weighted by atomic mass is 16.3. The Labute approximate surface area is 189 Å². The topological polar surface area (TPSA) is 70.4 Å². The van der Waals surface area contributed by atoms with E-state index in [0.717, 1.165) is 55.7 Å². The summed E-state index contributed by atoms with van der Waals surface area (Å²) in [5.74, 6) is -0.152. The predicted octanol–water partition coefficient (Wildman–Crippen LogP) is 3.36. The van der Waals surface area contributed by atoms with Crippen LogP contribution in [0.5, 0.6) is 0 Å². The Morgan fingerprint density at radius 1 is 1.09 bits per heavy atom. The number of aryl methyl sites for hydroxylation is 1. The summed E-state index contributed by atoms with van der Waals surface area (Å²) < 4.78 is 1.82. The van der Waals surface area contributed by atoms with E-state index >= 15 is 0 Å². The number of aliphatic hydroxyl groups is 1. The maximum atomic E-state index is 13.2. The van der Waals surface area contributed by atoms with Gasteiger partial charge in [-0.15, -0.1) is 0 Å². The van der Waals surface area contributed by atoms with Crippen LogP contribution < -0.4 is 5.32 Å². The molecule has 0 unspecified atom stereocenters. The lowest BCUT2D eigenvalue weighted by Gasteiger charge is -2.27. The van der Waals surface area contributed by atoms with E-state index in [9.17, 15) is 9.90 Å². The van der Waals surface area contributed by atoms with Crippen molar-refractivity contribution in [2.45, 2.75) is 45.3 Å². The molecule has 1 aliphatic rings. The van der Waals surface area contributed by atoms with E-state index in [1.165, 1.54) is 5.56 Å². The molecular weight excluding hydrogens is 400 g/mol. The second kappa shape index (κ2) is 10.6. The second-order valence-electron chi connectivity index (χ2n) is 8.44. The van der Waals surface area contributed by atoms with Gasteiger partial charge in [-0.3, -0.25) is 14.4 Å². The molecule has 0 bridgehead atoms. The molecule has 0 aliphatic carbocycles. The summed E-state index contributed by atoms with van der Waals surface area (Å²) in [5.41, 5.74) is 4.99. The molecule has 4 rings (SSSR count). The highest BCUT2D eigenvalue weighted by Crippen LogP contribution is 2.24. The number of carbonyl (C=O) groups is 1. The lowest BCUT2D eigenvalue weighted by atomic mass is 10.0. The Morgan fingerprint density at radius 2 is 1.81 bits per heavy atom. The van der Waals surface area contributed by atoms with Gasteiger partial charge in [-0.1, -0.05) is 60.7 Å². The van der Waals surface area contributed by atoms with Gasteiger partial charge < -0.3 is 10.4 Å². The predicted molar refractivity (Wildman–Crippen MR) is 125 cm³/mol. The van der Waals surface area contributed by atoms with Crippen molar-refractivity contribution in [3.63, 3.8) is 0 Å². The molecule has 0 fully saturated rings. The summed E-state index contributed by atoms with van der Waals surface area (Å²) in [6.07, 6.45) is 2.97. The fraction of sp³-hybridized carbons (Fsp3) is 0.385. The van der Waals surface area contributed by atoms with Crippen molar-refractivity contribution < 1.29 is 9.90 Å². The number of rotatable bonds is 9. The minimum atomic E-state index is -0.152. The van der Waals surface area contributed by atoms with Crippen molar-refractivity contribution >= 4 is 5.91 Å². The van der Waals surface area contributed by atoms with Gasteiger partial charge in [0.25, 0.3) is 5.91 Å². The molecule has 6 nitrogen and oxygen atoms in total. The smallest absolute Gasteiger partial charge is 0.272 e. The van der Waals surface area contributed by atoms with Crippen LogP contribution >= 0.6 is 0 Å². The van der Waals surface area contributed by atoms with Gasteiger partial charge in [0, 0.05) is 30.8 Å². The van der Waals surface area contributed by atoms with Crippen LogP contribution in [0.2, 0.25) is 0 Å². The monoisotopic (exact) mass is 432 g/mol. The maximum Gasteiger partial charge on any atom is 0.272 e. The third kappa shape index (κ3) is 5.26. The van der Waals surface area contributed by atoms with E-state index in [1.807, 2.05) is 48.0 Å². The molecule has 1 amide bonds. The van der Waals surface area contributed by atoms with Crippen LogP contribution in [0.15, 0.2) is 60.7 Å². The Hall–Kier alpha value is -2.96. The molecule has 1 aliphatic heterocycles. The first-order valence-electron chi connectivity index (χ1n) is 11.5. The SMILES string of the molecule is C[C@H](NC(=O)c1nn(CCO)c2c1CN(CCCc1ccccc1)CC2)c1ccccc1. The van der Waals surface area contributed by atoms with Crippen molar-refractivity contribution in [1.29, 1.82) is 0 Å². The average molecular weight is 433 g/mol. The van der Waals surface area contributed by atoms with E-state index in [1.54, 1.807) is 0 Å². The van der Waals surface area contributed by atoms with Crippen molar-refractivity contribution in [2.75, 3.05) is 19.7 Å². The normalized spacial score (nSPS) is 14.7. The molecule has 0 saturated carbocycles. The largest absolute Gasteiger partial charge is 0.394 e. The Balaban J connectivity index is 1.45. The molecule has 0 saturated heterocycles. The molecule has 1 atom stereocenters. The lowest BCUT2D eigenvalue weighted by Crippen LogP contribution is -2.34. The Kier molecular flexibility index (Phi) is 7.35. The van der Waals surface area contributed by atoms with Crippen molar-refractivity contribution in [2.24, 2.45) is 0 Å². The van der Waals surface area contributed by atoms with Gasteiger partial charge in [-0.05, 0) is 37.4 Å². The zero-order chi connectivity index (χ0) is 22.3. The molecule has 0 radical (unpaired) electrons. The zero-order valence-electron chi connectivity index (χ0n) is 18.7. The van der Waals surface area contributed by atoms with Crippen molar-refractivity contribution in [3.8, 4) is 0 Å². The Bertz CT molecular complexity index is 1020. The number of fused-ring (bicyclic) bond motifs is 1. The molecule has 2 heterocycles. The standard InChI is InChI=1S/C26H32N4O2/c1-20(22-12-6-3-7-13-22)27-26(32)25-23-19-29(15-8-11-21-9-4-2-5-10-21)16-14-24(23)30(28-25)17-18-31/h2-7,9-10,12-13,20,31H,8,11,14-19H2,1H3,(H,27,32)/t20-/m0/s1. The third-order valence-corrected chi connectivity index (χ3v) is 6.17. The molecule has 2 aromatic carbocycles. The van der Waals surface area contributed by atoms with Crippen LogP contribution in [0, 0.1) is 0 Å². The summed E-state index contributed by atoms with van der Waals surface area (Å²) in [4.78, 5) is 15.6. The summed E-state index contributed by atoms with van der Waals surface area (Å²) >= 11 is 0. The molecule has 3 aromatic rings. The average Bonchev–Trinajstić information content (AvgIpc) is 3.18. The highest BCUT2D eigenvalue weighted by molar-refractivity contribution is 5.94. The number of hydrogen-bond donors (Lipinski definition) is 2. The van der Waals surface area contributed by atoms with Gasteiger partial charge in [0.15, 0.2) is 5.69 Å². The van der Waals surface area contributed by atoms with E-state index in [2.05, 4.69) is 39.6 Å². The highest BCUT2D eigenvalue weighted by Gasteiger charge is 2.28. The fourth-order valence-corrected chi connectivity index (χ4v) is 4.44. The molecule has 32 heavy (non-hydrogen) atoms. The first-order valence-corrected chi connectivity index (χ1v) is 11.5. The number of benzene rings is 2. The lowest BCUT2D eigenvalue weighted by molar-refractivity contribution is 0.0931. The number of carbonyl (C=O) groups excluding carboxylic acids is 1. The molecule has 168 valence electrons. The number of nitrogens with one attached hydrogen (secondary N) is 1. The van der Waals surface area contributed by atoms with Gasteiger partial charge in [-0.2, -0.15) is 5.10 Å². The van der Waals surface area contributed by atoms with E-state index < -0.39 is 0 Å². The molecule has 6 heteroatoms. The quantitative estimate of drug-likeness (QED) is 0.544. The molecular formula is C26H32N4O2. The minimum absolute atomic E-state index is 0.0103. The van der Waals surface area contributed by atoms with Gasteiger partial charge in [0.1, 0.15) is 0 Å². The maximum absolute atomic E-state index is 13.2. The van der Waals surface area contributed by atoms with Crippen LogP contribution in [0.4, 0.5) is 0 Å². The zero-order valence-corrected chi connectivity index (χ0v) is 18.7. The molecule has 1 aromatic heterocycles. The summed E-state index contributed by atoms with van der Waals surface area (Å²) in [6.45, 7) is 5.06. The first-order chi connectivity index (χ1) is 15.7. The number of hydrogen-bond acceptors (Lipinski definition) is 4. The molecule has 2 N–H and O–H groups in total. The number of aromatic nitrogens is 2. The minimum Gasteiger partial charge on any atom is -0.394 e. The van der Waals surface area contributed by atoms with Crippen LogP contribution in [-0.2, 0) is 25.9 Å². The van der Waals surface area contributed by atoms with Crippen LogP contribution in [0.1, 0.15) is 52.3 Å². The van der Waals surface area contributed by atoms with Gasteiger partial charge >= 0.3 is 0 Å². The van der Waals surface area contributed by atoms with Gasteiger partial charge in [0.05, 0.1) is 19.2 Å².